The van der Waals surface area contributed by atoms with Gasteiger partial charge in [-0.05, 0) is 30.2 Å². The molecule has 2 atom stereocenters. The Hall–Kier alpha value is -2.26. The molecule has 2 amide bonds. The van der Waals surface area contributed by atoms with E-state index in [1.165, 1.54) is 18.3 Å². The quantitative estimate of drug-likeness (QED) is 0.472. The third-order valence-corrected chi connectivity index (χ3v) is 4.86. The smallest absolute Gasteiger partial charge is 0.258 e. The van der Waals surface area contributed by atoms with Crippen molar-refractivity contribution in [1.29, 1.82) is 0 Å². The first-order valence-corrected chi connectivity index (χ1v) is 9.66. The van der Waals surface area contributed by atoms with E-state index in [1.807, 2.05) is 0 Å². The molecule has 4 N–H and O–H groups in total. The number of aliphatic hydroxyl groups is 1. The first-order valence-electron chi connectivity index (χ1n) is 8.91. The first-order chi connectivity index (χ1) is 13.9. The van der Waals surface area contributed by atoms with Gasteiger partial charge in [0.2, 0.25) is 5.91 Å². The second-order valence-electron chi connectivity index (χ2n) is 6.57. The molecule has 0 bridgehead atoms. The Morgan fingerprint density at radius 2 is 1.90 bits per heavy atom. The molecule has 2 aromatic rings. The second-order valence-corrected chi connectivity index (χ2v) is 7.38. The number of hydrogen-bond acceptors (Lipinski definition) is 5. The minimum absolute atomic E-state index is 0.00530. The van der Waals surface area contributed by atoms with Crippen molar-refractivity contribution in [2.45, 2.75) is 19.1 Å². The van der Waals surface area contributed by atoms with E-state index < -0.39 is 23.9 Å². The number of pyridine rings is 1. The third kappa shape index (κ3) is 5.63. The summed E-state index contributed by atoms with van der Waals surface area (Å²) < 4.78 is 13.0. The van der Waals surface area contributed by atoms with E-state index in [1.54, 1.807) is 12.1 Å². The Kier molecular flexibility index (Phi) is 7.02. The molecule has 0 saturated heterocycles. The van der Waals surface area contributed by atoms with E-state index in [4.69, 9.17) is 28.3 Å². The fourth-order valence-corrected chi connectivity index (χ4v) is 3.38. The van der Waals surface area contributed by atoms with E-state index in [0.29, 0.717) is 18.8 Å². The van der Waals surface area contributed by atoms with Crippen LogP contribution in [0.15, 0.2) is 30.5 Å². The Labute approximate surface area is 176 Å². The maximum absolute atomic E-state index is 13.0. The van der Waals surface area contributed by atoms with Gasteiger partial charge in [0.1, 0.15) is 12.0 Å². The van der Waals surface area contributed by atoms with Gasteiger partial charge in [-0.25, -0.2) is 9.37 Å². The number of nitrogens with zero attached hydrogens (tertiary/aromatic N) is 1. The van der Waals surface area contributed by atoms with Gasteiger partial charge in [-0.15, -0.1) is 0 Å². The lowest BCUT2D eigenvalue weighted by atomic mass is 10.1. The molecule has 1 aliphatic rings. The highest BCUT2D eigenvalue weighted by Crippen LogP contribution is 2.34. The van der Waals surface area contributed by atoms with Gasteiger partial charge in [-0.1, -0.05) is 23.2 Å². The van der Waals surface area contributed by atoms with Gasteiger partial charge in [0.05, 0.1) is 28.1 Å². The van der Waals surface area contributed by atoms with Gasteiger partial charge in [0, 0.05) is 31.0 Å². The van der Waals surface area contributed by atoms with Crippen molar-refractivity contribution in [3.05, 3.63) is 51.6 Å². The minimum Gasteiger partial charge on any atom is -0.395 e. The highest BCUT2D eigenvalue weighted by molar-refractivity contribution is 6.40. The average molecular weight is 441 g/mol. The van der Waals surface area contributed by atoms with Crippen LogP contribution < -0.4 is 16.0 Å². The zero-order chi connectivity index (χ0) is 21.0. The maximum Gasteiger partial charge on any atom is 0.258 e. The number of alkyl halides is 1. The number of hydrogen-bond donors (Lipinski definition) is 4. The largest absolute Gasteiger partial charge is 0.395 e. The summed E-state index contributed by atoms with van der Waals surface area (Å²) in [5.74, 6) is -1.40. The molecule has 0 aliphatic heterocycles. The van der Waals surface area contributed by atoms with Crippen molar-refractivity contribution in [3.8, 4) is 0 Å². The van der Waals surface area contributed by atoms with Gasteiger partial charge in [0.25, 0.3) is 5.91 Å². The molecule has 3 rings (SSSR count). The summed E-state index contributed by atoms with van der Waals surface area (Å²) in [4.78, 5) is 28.5. The van der Waals surface area contributed by atoms with E-state index in [-0.39, 0.29) is 34.5 Å². The Morgan fingerprint density at radius 3 is 2.52 bits per heavy atom. The van der Waals surface area contributed by atoms with Crippen molar-refractivity contribution >= 4 is 46.5 Å². The third-order valence-electron chi connectivity index (χ3n) is 4.27. The van der Waals surface area contributed by atoms with Gasteiger partial charge >= 0.3 is 0 Å². The minimum atomic E-state index is -1.11. The molecule has 1 aromatic heterocycles. The maximum atomic E-state index is 13.0. The van der Waals surface area contributed by atoms with E-state index in [9.17, 15) is 14.0 Å². The Morgan fingerprint density at radius 1 is 1.21 bits per heavy atom. The highest BCUT2D eigenvalue weighted by Gasteiger charge is 2.43. The molecule has 1 fully saturated rings. The van der Waals surface area contributed by atoms with Crippen LogP contribution in [0.4, 0.5) is 15.9 Å². The molecule has 1 aliphatic carbocycles. The number of aromatic nitrogens is 1. The number of anilines is 2. The first kappa shape index (κ1) is 21.4. The van der Waals surface area contributed by atoms with Crippen LogP contribution in [0, 0.1) is 5.92 Å². The number of aliphatic hydroxyl groups excluding tert-OH is 1. The van der Waals surface area contributed by atoms with Crippen LogP contribution >= 0.6 is 23.2 Å². The van der Waals surface area contributed by atoms with E-state index in [0.717, 1.165) is 5.56 Å². The van der Waals surface area contributed by atoms with Crippen LogP contribution in [-0.2, 0) is 11.3 Å². The van der Waals surface area contributed by atoms with Crippen LogP contribution in [0.5, 0.6) is 0 Å². The van der Waals surface area contributed by atoms with Crippen LogP contribution in [0.25, 0.3) is 0 Å². The van der Waals surface area contributed by atoms with Gasteiger partial charge in [0.15, 0.2) is 0 Å². The van der Waals surface area contributed by atoms with Crippen LogP contribution in [-0.4, -0.2) is 41.2 Å². The number of amides is 2. The van der Waals surface area contributed by atoms with Crippen molar-refractivity contribution in [2.24, 2.45) is 5.92 Å². The van der Waals surface area contributed by atoms with Crippen molar-refractivity contribution in [1.82, 2.24) is 10.3 Å². The van der Waals surface area contributed by atoms with E-state index >= 15 is 0 Å². The monoisotopic (exact) mass is 440 g/mol. The number of rotatable bonds is 8. The van der Waals surface area contributed by atoms with Gasteiger partial charge in [-0.2, -0.15) is 0 Å². The summed E-state index contributed by atoms with van der Waals surface area (Å²) in [6, 6.07) is 6.24. The number of carbonyl (C=O) groups excluding carboxylic acids is 2. The lowest BCUT2D eigenvalue weighted by Crippen LogP contribution is -2.18. The molecule has 1 saturated carbocycles. The normalized spacial score (nSPS) is 17.7. The van der Waals surface area contributed by atoms with Crippen molar-refractivity contribution < 1.29 is 19.1 Å². The van der Waals surface area contributed by atoms with Gasteiger partial charge in [-0.3, -0.25) is 9.59 Å². The van der Waals surface area contributed by atoms with Crippen LogP contribution in [0.3, 0.4) is 0 Å². The number of nitrogens with one attached hydrogen (secondary N) is 3. The summed E-state index contributed by atoms with van der Waals surface area (Å²) in [6.07, 6.45) is 0.513. The zero-order valence-corrected chi connectivity index (χ0v) is 16.7. The molecule has 0 spiro atoms. The molecule has 154 valence electrons. The molecule has 0 radical (unpaired) electrons. The number of carbonyl (C=O) groups is 2. The molecule has 29 heavy (non-hydrogen) atoms. The summed E-state index contributed by atoms with van der Waals surface area (Å²) >= 11 is 12.5. The summed E-state index contributed by atoms with van der Waals surface area (Å²) in [7, 11) is 0. The number of halogens is 3. The van der Waals surface area contributed by atoms with Gasteiger partial charge < -0.3 is 21.1 Å². The Bertz CT molecular complexity index is 905. The number of benzene rings is 1. The zero-order valence-electron chi connectivity index (χ0n) is 15.2. The summed E-state index contributed by atoms with van der Waals surface area (Å²) in [5.41, 5.74) is 1.25. The van der Waals surface area contributed by atoms with Crippen LogP contribution in [0.1, 0.15) is 22.3 Å². The molecule has 0 unspecified atom stereocenters. The average Bonchev–Trinajstić information content (AvgIpc) is 3.38. The SMILES string of the molecule is O=C(Nc1ccnc(NC(=O)[C@H]2C[C@H]2F)c1)c1c(Cl)cc(CNCCO)cc1Cl. The second kappa shape index (κ2) is 9.49. The lowest BCUT2D eigenvalue weighted by molar-refractivity contribution is -0.117. The van der Waals surface area contributed by atoms with E-state index in [2.05, 4.69) is 20.9 Å². The standard InChI is InChI=1S/C19H19Cl2FN4O3/c20-13-5-10(9-23-3-4-27)6-14(21)17(13)19(29)25-11-1-2-24-16(7-11)26-18(28)12-8-15(12)22/h1-2,5-7,12,15,23,27H,3-4,8-9H2,(H2,24,25,26,28,29)/t12-,15+/m0/s1. The van der Waals surface area contributed by atoms with Crippen molar-refractivity contribution in [2.75, 3.05) is 23.8 Å². The molecular formula is C19H19Cl2FN4O3. The lowest BCUT2D eigenvalue weighted by Gasteiger charge is -2.12. The predicted octanol–water partition coefficient (Wildman–Crippen LogP) is 3.02. The molecular weight excluding hydrogens is 422 g/mol. The topological polar surface area (TPSA) is 103 Å². The molecule has 1 aromatic carbocycles. The fraction of sp³-hybridized carbons (Fsp3) is 0.316. The highest BCUT2D eigenvalue weighted by atomic mass is 35.5. The summed E-state index contributed by atoms with van der Waals surface area (Å²) in [6.45, 7) is 0.868. The fourth-order valence-electron chi connectivity index (χ4n) is 2.68. The Balaban J connectivity index is 1.68. The molecule has 7 nitrogen and oxygen atoms in total. The summed E-state index contributed by atoms with van der Waals surface area (Å²) in [5, 5.41) is 17.4. The van der Waals surface area contributed by atoms with Crippen LogP contribution in [0.2, 0.25) is 10.0 Å². The molecule has 1 heterocycles. The predicted molar refractivity (Wildman–Crippen MR) is 109 cm³/mol. The molecule has 10 heteroatoms. The van der Waals surface area contributed by atoms with Crippen molar-refractivity contribution in [3.63, 3.8) is 0 Å².